The molecule has 1 unspecified atom stereocenters. The molecule has 166 valence electrons. The van der Waals surface area contributed by atoms with Gasteiger partial charge in [0.1, 0.15) is 18.5 Å². The van der Waals surface area contributed by atoms with E-state index in [2.05, 4.69) is 20.3 Å². The number of hydrogen-bond acceptors (Lipinski definition) is 11. The first-order valence-electron chi connectivity index (χ1n) is 9.23. The van der Waals surface area contributed by atoms with E-state index < -0.39 is 48.4 Å². The summed E-state index contributed by atoms with van der Waals surface area (Å²) in [4.78, 5) is 58.9. The molecule has 13 nitrogen and oxygen atoms in total. The minimum absolute atomic E-state index is 0.148. The van der Waals surface area contributed by atoms with Gasteiger partial charge in [-0.2, -0.15) is 0 Å². The summed E-state index contributed by atoms with van der Waals surface area (Å²) in [5, 5.41) is 12.9. The summed E-state index contributed by atoms with van der Waals surface area (Å²) >= 11 is 0. The van der Waals surface area contributed by atoms with Crippen molar-refractivity contribution in [1.29, 1.82) is 0 Å². The van der Waals surface area contributed by atoms with Gasteiger partial charge >= 0.3 is 11.9 Å². The van der Waals surface area contributed by atoms with Crippen molar-refractivity contribution in [1.82, 2.24) is 19.5 Å². The van der Waals surface area contributed by atoms with Crippen molar-refractivity contribution in [3.8, 4) is 0 Å². The lowest BCUT2D eigenvalue weighted by Gasteiger charge is -2.24. The molecule has 0 bridgehead atoms. The maximum absolute atomic E-state index is 11.8. The van der Waals surface area contributed by atoms with E-state index >= 15 is 0 Å². The Kier molecular flexibility index (Phi) is 6.27. The van der Waals surface area contributed by atoms with Crippen LogP contribution in [0.25, 0.3) is 11.2 Å². The number of nitrogens with zero attached hydrogens (tertiary/aromatic N) is 4. The molecule has 1 aliphatic rings. The Hall–Kier alpha value is -3.45. The van der Waals surface area contributed by atoms with Gasteiger partial charge in [-0.25, -0.2) is 15.0 Å². The second-order valence-corrected chi connectivity index (χ2v) is 6.92. The van der Waals surface area contributed by atoms with E-state index in [0.29, 0.717) is 0 Å². The average molecular weight is 435 g/mol. The van der Waals surface area contributed by atoms with Gasteiger partial charge in [-0.05, 0) is 6.92 Å². The Morgan fingerprint density at radius 3 is 2.29 bits per heavy atom. The van der Waals surface area contributed by atoms with E-state index in [1.54, 1.807) is 0 Å². The van der Waals surface area contributed by atoms with Crippen LogP contribution in [0.2, 0.25) is 0 Å². The predicted octanol–water partition coefficient (Wildman–Crippen LogP) is -0.505. The molecule has 3 heterocycles. The smallest absolute Gasteiger partial charge is 0.303 e. The highest BCUT2D eigenvalue weighted by molar-refractivity contribution is 5.95. The van der Waals surface area contributed by atoms with Gasteiger partial charge in [0.2, 0.25) is 5.91 Å². The van der Waals surface area contributed by atoms with Crippen LogP contribution in [0.1, 0.15) is 33.9 Å². The summed E-state index contributed by atoms with van der Waals surface area (Å²) in [6.45, 7) is 4.74. The number of imidazole rings is 1. The van der Waals surface area contributed by atoms with Gasteiger partial charge in [0.05, 0.1) is 6.33 Å². The Labute approximate surface area is 175 Å². The molecule has 0 spiro atoms. The molecule has 3 rings (SSSR count). The highest BCUT2D eigenvalue weighted by Crippen LogP contribution is 2.37. The summed E-state index contributed by atoms with van der Waals surface area (Å²) < 4.78 is 17.8. The van der Waals surface area contributed by atoms with Crippen molar-refractivity contribution in [3.05, 3.63) is 12.7 Å². The SMILES string of the molecule is CC(=O)Nc1ncnc2c1ncn2[C@@H]1O[C@H](C(O)C(C)=O)[C@@H](OC(C)=O)[C@H]1OC(C)=O. The van der Waals surface area contributed by atoms with Gasteiger partial charge in [0, 0.05) is 20.8 Å². The van der Waals surface area contributed by atoms with Gasteiger partial charge in [0.25, 0.3) is 0 Å². The number of ether oxygens (including phenoxy) is 3. The van der Waals surface area contributed by atoms with Gasteiger partial charge in [-0.3, -0.25) is 23.7 Å². The van der Waals surface area contributed by atoms with E-state index in [9.17, 15) is 24.3 Å². The second-order valence-electron chi connectivity index (χ2n) is 6.92. The van der Waals surface area contributed by atoms with E-state index in [-0.39, 0.29) is 22.9 Å². The fourth-order valence-corrected chi connectivity index (χ4v) is 3.31. The van der Waals surface area contributed by atoms with Crippen LogP contribution in [0.3, 0.4) is 0 Å². The number of carbonyl (C=O) groups excluding carboxylic acids is 4. The van der Waals surface area contributed by atoms with Gasteiger partial charge in [-0.15, -0.1) is 0 Å². The van der Waals surface area contributed by atoms with Crippen LogP contribution in [0.4, 0.5) is 5.82 Å². The summed E-state index contributed by atoms with van der Waals surface area (Å²) in [6.07, 6.45) is -4.13. The number of carbonyl (C=O) groups is 4. The Morgan fingerprint density at radius 1 is 1.06 bits per heavy atom. The molecule has 31 heavy (non-hydrogen) atoms. The molecule has 0 aliphatic carbocycles. The standard InChI is InChI=1S/C18H21N5O8/c1-7(24)12(28)13-14(29-9(3)26)15(30-10(4)27)18(31-13)23-6-21-11-16(22-8(2)25)19-5-20-17(11)23/h5-6,12-15,18,28H,1-4H3,(H,19,20,22,25)/t12?,13-,14-,15-,18-/m1/s1. The Bertz CT molecular complexity index is 1040. The third kappa shape index (κ3) is 4.51. The first kappa shape index (κ1) is 22.2. The molecule has 0 radical (unpaired) electrons. The molecule has 0 saturated carbocycles. The molecular weight excluding hydrogens is 414 g/mol. The summed E-state index contributed by atoms with van der Waals surface area (Å²) in [6, 6.07) is 0. The minimum atomic E-state index is -1.65. The van der Waals surface area contributed by atoms with Crippen LogP contribution in [0, 0.1) is 0 Å². The van der Waals surface area contributed by atoms with Crippen LogP contribution in [-0.2, 0) is 33.4 Å². The minimum Gasteiger partial charge on any atom is -0.455 e. The third-order valence-corrected chi connectivity index (χ3v) is 4.48. The monoisotopic (exact) mass is 435 g/mol. The molecule has 2 aromatic rings. The molecule has 5 atom stereocenters. The molecule has 2 aromatic heterocycles. The Morgan fingerprint density at radius 2 is 1.71 bits per heavy atom. The summed E-state index contributed by atoms with van der Waals surface area (Å²) in [5.74, 6) is -2.28. The first-order chi connectivity index (χ1) is 14.6. The normalized spacial score (nSPS) is 23.9. The van der Waals surface area contributed by atoms with E-state index in [0.717, 1.165) is 20.8 Å². The van der Waals surface area contributed by atoms with Crippen LogP contribution in [0.15, 0.2) is 12.7 Å². The van der Waals surface area contributed by atoms with Crippen LogP contribution in [0.5, 0.6) is 0 Å². The van der Waals surface area contributed by atoms with E-state index in [4.69, 9.17) is 14.2 Å². The lowest BCUT2D eigenvalue weighted by atomic mass is 10.0. The molecule has 2 N–H and O–H groups in total. The number of nitrogens with one attached hydrogen (secondary N) is 1. The molecule has 1 amide bonds. The number of anilines is 1. The van der Waals surface area contributed by atoms with Gasteiger partial charge in [-0.1, -0.05) is 0 Å². The number of rotatable bonds is 6. The number of esters is 2. The van der Waals surface area contributed by atoms with Crippen LogP contribution >= 0.6 is 0 Å². The van der Waals surface area contributed by atoms with Crippen LogP contribution in [-0.4, -0.2) is 72.7 Å². The van der Waals surface area contributed by atoms with Crippen molar-refractivity contribution in [2.24, 2.45) is 0 Å². The van der Waals surface area contributed by atoms with E-state index in [1.807, 2.05) is 0 Å². The molecule has 1 fully saturated rings. The van der Waals surface area contributed by atoms with Crippen LogP contribution < -0.4 is 5.32 Å². The molecule has 1 aliphatic heterocycles. The average Bonchev–Trinajstić information content (AvgIpc) is 3.23. The third-order valence-electron chi connectivity index (χ3n) is 4.48. The molecule has 13 heteroatoms. The van der Waals surface area contributed by atoms with Crippen molar-refractivity contribution in [2.75, 3.05) is 5.32 Å². The zero-order valence-corrected chi connectivity index (χ0v) is 17.1. The van der Waals surface area contributed by atoms with Gasteiger partial charge in [0.15, 0.2) is 41.2 Å². The van der Waals surface area contributed by atoms with Gasteiger partial charge < -0.3 is 24.6 Å². The lowest BCUT2D eigenvalue weighted by molar-refractivity contribution is -0.167. The second kappa shape index (κ2) is 8.73. The molecular formula is C18H21N5O8. The van der Waals surface area contributed by atoms with Crippen molar-refractivity contribution in [3.63, 3.8) is 0 Å². The number of Topliss-reactive ketones (excluding diaryl/α,β-unsaturated/α-hetero) is 1. The molecule has 1 saturated heterocycles. The fraction of sp³-hybridized carbons (Fsp3) is 0.500. The molecule has 0 aromatic carbocycles. The van der Waals surface area contributed by atoms with E-state index in [1.165, 1.54) is 24.1 Å². The largest absolute Gasteiger partial charge is 0.455 e. The number of hydrogen-bond donors (Lipinski definition) is 2. The van der Waals surface area contributed by atoms with Crippen molar-refractivity contribution >= 4 is 40.6 Å². The zero-order chi connectivity index (χ0) is 22.9. The highest BCUT2D eigenvalue weighted by Gasteiger charge is 2.53. The zero-order valence-electron chi connectivity index (χ0n) is 17.1. The topological polar surface area (TPSA) is 172 Å². The lowest BCUT2D eigenvalue weighted by Crippen LogP contribution is -2.45. The number of aliphatic hydroxyl groups excluding tert-OH is 1. The number of fused-ring (bicyclic) bond motifs is 1. The maximum atomic E-state index is 11.8. The van der Waals surface area contributed by atoms with Crippen molar-refractivity contribution in [2.45, 2.75) is 58.3 Å². The first-order valence-corrected chi connectivity index (χ1v) is 9.23. The fourth-order valence-electron chi connectivity index (χ4n) is 3.31. The number of ketones is 1. The summed E-state index contributed by atoms with van der Waals surface area (Å²) in [7, 11) is 0. The number of aliphatic hydroxyl groups is 1. The summed E-state index contributed by atoms with van der Waals surface area (Å²) in [5.41, 5.74) is 0.433. The van der Waals surface area contributed by atoms with Crippen molar-refractivity contribution < 1.29 is 38.5 Å². The quantitative estimate of drug-likeness (QED) is 0.560. The number of aromatic nitrogens is 4. The maximum Gasteiger partial charge on any atom is 0.303 e. The predicted molar refractivity (Wildman–Crippen MR) is 101 cm³/mol. The highest BCUT2D eigenvalue weighted by atomic mass is 16.6. The Balaban J connectivity index is 2.09. The number of amides is 1.